The summed E-state index contributed by atoms with van der Waals surface area (Å²) < 4.78 is 3.21. The number of likely N-dealkylation sites (tertiary alicyclic amines) is 1. The van der Waals surface area contributed by atoms with Gasteiger partial charge in [-0.2, -0.15) is 0 Å². The lowest BCUT2D eigenvalue weighted by molar-refractivity contribution is -0.151. The lowest BCUT2D eigenvalue weighted by atomic mass is 9.76. The van der Waals surface area contributed by atoms with E-state index in [4.69, 9.17) is 0 Å². The number of benzene rings is 1. The van der Waals surface area contributed by atoms with Gasteiger partial charge in [-0.25, -0.2) is 4.68 Å². The fourth-order valence-corrected chi connectivity index (χ4v) is 5.56. The van der Waals surface area contributed by atoms with Gasteiger partial charge >= 0.3 is 5.97 Å². The lowest BCUT2D eigenvalue weighted by Crippen LogP contribution is -2.55. The van der Waals surface area contributed by atoms with Crippen LogP contribution >= 0.6 is 0 Å². The molecule has 1 aromatic heterocycles. The van der Waals surface area contributed by atoms with Crippen molar-refractivity contribution in [1.29, 1.82) is 0 Å². The van der Waals surface area contributed by atoms with E-state index in [1.807, 2.05) is 25.1 Å². The Balaban J connectivity index is 1.92. The molecular weight excluding hydrogens is 424 g/mol. The average molecular weight is 455 g/mol. The summed E-state index contributed by atoms with van der Waals surface area (Å²) in [7, 11) is 1.75. The molecule has 2 N–H and O–H groups in total. The fourth-order valence-electron chi connectivity index (χ4n) is 5.56. The highest BCUT2D eigenvalue weighted by atomic mass is 16.4. The molecule has 2 aliphatic rings. The second kappa shape index (κ2) is 8.30. The number of aliphatic carboxylic acids is 1. The van der Waals surface area contributed by atoms with E-state index < -0.39 is 41.2 Å². The third-order valence-corrected chi connectivity index (χ3v) is 7.28. The molecule has 176 valence electrons. The quantitative estimate of drug-likeness (QED) is 0.617. The number of unbranched alkanes of at least 4 members (excludes halogenated alkanes) is 1. The number of carboxylic acids is 1. The molecule has 33 heavy (non-hydrogen) atoms. The largest absolute Gasteiger partial charge is 0.480 e. The average Bonchev–Trinajstić information content (AvgIpc) is 3.34. The molecule has 0 spiro atoms. The monoisotopic (exact) mass is 454 g/mol. The summed E-state index contributed by atoms with van der Waals surface area (Å²) in [4.78, 5) is 54.0. The van der Waals surface area contributed by atoms with Crippen LogP contribution in [0.25, 0.3) is 5.69 Å². The third kappa shape index (κ3) is 3.17. The van der Waals surface area contributed by atoms with Gasteiger partial charge in [0, 0.05) is 19.3 Å². The smallest absolute Gasteiger partial charge is 0.324 e. The maximum atomic E-state index is 13.7. The molecule has 9 nitrogen and oxygen atoms in total. The van der Waals surface area contributed by atoms with Gasteiger partial charge < -0.3 is 5.11 Å². The number of para-hydroxylation sites is 1. The number of imide groups is 1. The molecule has 1 aromatic carbocycles. The topological polar surface area (TPSA) is 114 Å². The van der Waals surface area contributed by atoms with Gasteiger partial charge in [-0.05, 0) is 32.4 Å². The first-order valence-corrected chi connectivity index (χ1v) is 11.4. The van der Waals surface area contributed by atoms with Crippen LogP contribution in [-0.2, 0) is 21.4 Å². The van der Waals surface area contributed by atoms with Crippen molar-refractivity contribution in [3.05, 3.63) is 51.9 Å². The molecule has 0 bridgehead atoms. The van der Waals surface area contributed by atoms with E-state index in [0.717, 1.165) is 11.3 Å². The minimum Gasteiger partial charge on any atom is -0.480 e. The predicted molar refractivity (Wildman–Crippen MR) is 121 cm³/mol. The maximum Gasteiger partial charge on any atom is 0.324 e. The van der Waals surface area contributed by atoms with Crippen molar-refractivity contribution in [2.24, 2.45) is 18.9 Å². The molecule has 4 rings (SSSR count). The molecule has 2 saturated heterocycles. The molecule has 4 atom stereocenters. The molecule has 2 aliphatic heterocycles. The van der Waals surface area contributed by atoms with Crippen LogP contribution in [0.1, 0.15) is 50.4 Å². The van der Waals surface area contributed by atoms with Crippen molar-refractivity contribution >= 4 is 17.8 Å². The highest BCUT2D eigenvalue weighted by Gasteiger charge is 2.68. The van der Waals surface area contributed by atoms with Crippen molar-refractivity contribution in [3.63, 3.8) is 0 Å². The van der Waals surface area contributed by atoms with Crippen LogP contribution in [-0.4, -0.2) is 49.2 Å². The molecule has 0 saturated carbocycles. The van der Waals surface area contributed by atoms with Gasteiger partial charge in [0.1, 0.15) is 5.54 Å². The first-order chi connectivity index (χ1) is 15.7. The van der Waals surface area contributed by atoms with Crippen LogP contribution in [0, 0.1) is 18.8 Å². The Morgan fingerprint density at radius 3 is 2.36 bits per heavy atom. The van der Waals surface area contributed by atoms with Crippen LogP contribution in [0.5, 0.6) is 0 Å². The first kappa shape index (κ1) is 23.0. The van der Waals surface area contributed by atoms with E-state index >= 15 is 0 Å². The highest BCUT2D eigenvalue weighted by molar-refractivity contribution is 6.09. The van der Waals surface area contributed by atoms with Crippen LogP contribution in [0.4, 0.5) is 0 Å². The van der Waals surface area contributed by atoms with E-state index in [9.17, 15) is 24.3 Å². The molecule has 2 aromatic rings. The summed E-state index contributed by atoms with van der Waals surface area (Å²) in [5.41, 5.74) is -0.325. The van der Waals surface area contributed by atoms with E-state index in [-0.39, 0.29) is 18.5 Å². The number of nitrogens with zero attached hydrogens (tertiary/aromatic N) is 3. The molecule has 0 radical (unpaired) electrons. The number of carboxylic acid groups (broad SMARTS) is 1. The minimum absolute atomic E-state index is 0.170. The summed E-state index contributed by atoms with van der Waals surface area (Å²) in [5, 5.41) is 13.5. The highest BCUT2D eigenvalue weighted by Crippen LogP contribution is 2.50. The number of fused-ring (bicyclic) bond motifs is 1. The van der Waals surface area contributed by atoms with Crippen LogP contribution in [0.3, 0.4) is 0 Å². The van der Waals surface area contributed by atoms with Gasteiger partial charge in [-0.3, -0.25) is 34.1 Å². The zero-order chi connectivity index (χ0) is 24.1. The fraction of sp³-hybridized carbons (Fsp3) is 0.500. The Morgan fingerprint density at radius 2 is 1.79 bits per heavy atom. The zero-order valence-electron chi connectivity index (χ0n) is 19.4. The van der Waals surface area contributed by atoms with Gasteiger partial charge in [0.25, 0.3) is 5.56 Å². The first-order valence-electron chi connectivity index (χ1n) is 11.4. The summed E-state index contributed by atoms with van der Waals surface area (Å²) in [5.74, 6) is -4.05. The number of nitrogens with one attached hydrogen (secondary N) is 1. The number of hydrogen-bond donors (Lipinski definition) is 2. The van der Waals surface area contributed by atoms with Crippen molar-refractivity contribution < 1.29 is 19.5 Å². The molecule has 2 amide bonds. The molecular formula is C24H30N4O5. The maximum absolute atomic E-state index is 13.7. The molecule has 0 aliphatic carbocycles. The Morgan fingerprint density at radius 1 is 1.12 bits per heavy atom. The van der Waals surface area contributed by atoms with Gasteiger partial charge in [-0.1, -0.05) is 38.0 Å². The number of carbonyl (C=O) groups is 3. The van der Waals surface area contributed by atoms with E-state index in [1.54, 1.807) is 37.7 Å². The number of amides is 2. The van der Waals surface area contributed by atoms with E-state index in [1.165, 1.54) is 4.68 Å². The summed E-state index contributed by atoms with van der Waals surface area (Å²) >= 11 is 0. The molecule has 2 fully saturated rings. The second-order valence-corrected chi connectivity index (χ2v) is 8.90. The SMILES string of the molecule is CCCCC1(C(=O)O)NC(c2c(C)n(C)n(-c3ccccc3)c2=O)C2C(=O)N(CC)C(=O)C21. The van der Waals surface area contributed by atoms with E-state index in [2.05, 4.69) is 5.32 Å². The molecule has 4 unspecified atom stereocenters. The summed E-state index contributed by atoms with van der Waals surface area (Å²) in [6, 6.07) is 8.24. The zero-order valence-corrected chi connectivity index (χ0v) is 19.4. The number of aromatic nitrogens is 2. The van der Waals surface area contributed by atoms with Crippen LogP contribution in [0.2, 0.25) is 0 Å². The van der Waals surface area contributed by atoms with Crippen LogP contribution < -0.4 is 10.9 Å². The van der Waals surface area contributed by atoms with Crippen molar-refractivity contribution in [3.8, 4) is 5.69 Å². The van der Waals surface area contributed by atoms with Crippen molar-refractivity contribution in [2.75, 3.05) is 6.54 Å². The molecule has 9 heteroatoms. The third-order valence-electron chi connectivity index (χ3n) is 7.28. The Kier molecular flexibility index (Phi) is 5.78. The normalized spacial score (nSPS) is 26.8. The van der Waals surface area contributed by atoms with Crippen LogP contribution in [0.15, 0.2) is 35.1 Å². The Labute approximate surface area is 192 Å². The Hall–Kier alpha value is -3.20. The minimum atomic E-state index is -1.60. The summed E-state index contributed by atoms with van der Waals surface area (Å²) in [6.07, 6.45) is 1.51. The van der Waals surface area contributed by atoms with Crippen molar-refractivity contribution in [1.82, 2.24) is 19.6 Å². The second-order valence-electron chi connectivity index (χ2n) is 8.90. The number of hydrogen-bond acceptors (Lipinski definition) is 5. The van der Waals surface area contributed by atoms with Gasteiger partial charge in [-0.15, -0.1) is 0 Å². The lowest BCUT2D eigenvalue weighted by Gasteiger charge is -2.30. The Bertz CT molecular complexity index is 1170. The number of rotatable bonds is 7. The number of carbonyl (C=O) groups excluding carboxylic acids is 2. The predicted octanol–water partition coefficient (Wildman–Crippen LogP) is 1.76. The standard InChI is InChI=1S/C24H30N4O5/c1-5-7-13-24(23(32)33)18-17(20(29)27(6-2)22(18)31)19(25-24)16-14(3)26(4)28(21(16)30)15-11-9-8-10-12-15/h8-12,17-19,25H,5-7,13H2,1-4H3,(H,32,33). The van der Waals surface area contributed by atoms with Gasteiger partial charge in [0.2, 0.25) is 11.8 Å². The van der Waals surface area contributed by atoms with E-state index in [0.29, 0.717) is 23.4 Å². The van der Waals surface area contributed by atoms with Gasteiger partial charge in [0.05, 0.1) is 29.1 Å². The van der Waals surface area contributed by atoms with Crippen molar-refractivity contribution in [2.45, 2.75) is 51.6 Å². The molecule has 3 heterocycles. The van der Waals surface area contributed by atoms with Gasteiger partial charge in [0.15, 0.2) is 0 Å². The summed E-state index contributed by atoms with van der Waals surface area (Å²) in [6.45, 7) is 5.59.